The number of rotatable bonds is 7. The van der Waals surface area contributed by atoms with Crippen molar-refractivity contribution in [2.45, 2.75) is 52.0 Å². The minimum absolute atomic E-state index is 0.0741. The van der Waals surface area contributed by atoms with E-state index in [-0.39, 0.29) is 17.9 Å². The summed E-state index contributed by atoms with van der Waals surface area (Å²) in [5, 5.41) is 2.82. The summed E-state index contributed by atoms with van der Waals surface area (Å²) in [6.45, 7) is 8.14. The van der Waals surface area contributed by atoms with Gasteiger partial charge in [-0.3, -0.25) is 9.59 Å². The van der Waals surface area contributed by atoms with Crippen molar-refractivity contribution in [1.29, 1.82) is 0 Å². The molecule has 2 aromatic rings. The second-order valence-electron chi connectivity index (χ2n) is 9.39. The van der Waals surface area contributed by atoms with Crippen LogP contribution in [0.4, 0.5) is 17.2 Å². The smallest absolute Gasteiger partial charge is 0.225 e. The number of piperazine rings is 1. The number of amides is 2. The number of hydrogen-bond acceptors (Lipinski definition) is 6. The van der Waals surface area contributed by atoms with E-state index in [9.17, 15) is 9.59 Å². The highest BCUT2D eigenvalue weighted by atomic mass is 16.5. The van der Waals surface area contributed by atoms with Gasteiger partial charge in [-0.25, -0.2) is 4.98 Å². The largest absolute Gasteiger partial charge is 0.396 e. The number of methoxy groups -OCH3 is 1. The lowest BCUT2D eigenvalue weighted by atomic mass is 9.95. The number of pyridine rings is 1. The SMILES string of the molecule is COCCC(=O)N1CCN(c2nc(C3CC3)c(-c3ccc(NC(C)=O)cc3)c(C)c2N)C[C@H]1C. The highest BCUT2D eigenvalue weighted by Crippen LogP contribution is 2.47. The third-order valence-electron chi connectivity index (χ3n) is 6.73. The number of nitrogens with two attached hydrogens (primary N) is 1. The third kappa shape index (κ3) is 5.01. The van der Waals surface area contributed by atoms with Crippen molar-refractivity contribution < 1.29 is 14.3 Å². The molecule has 4 rings (SSSR count). The van der Waals surface area contributed by atoms with Crippen LogP contribution >= 0.6 is 0 Å². The molecule has 182 valence electrons. The molecule has 1 saturated carbocycles. The average molecular weight is 466 g/mol. The van der Waals surface area contributed by atoms with Gasteiger partial charge in [0.2, 0.25) is 11.8 Å². The molecule has 2 fully saturated rings. The Morgan fingerprint density at radius 3 is 2.50 bits per heavy atom. The minimum atomic E-state index is -0.0902. The van der Waals surface area contributed by atoms with Crippen LogP contribution in [0.2, 0.25) is 0 Å². The number of hydrogen-bond donors (Lipinski definition) is 2. The Kier molecular flexibility index (Phi) is 7.07. The predicted molar refractivity (Wildman–Crippen MR) is 135 cm³/mol. The first-order valence-corrected chi connectivity index (χ1v) is 12.0. The third-order valence-corrected chi connectivity index (χ3v) is 6.73. The van der Waals surface area contributed by atoms with Crippen molar-refractivity contribution in [3.63, 3.8) is 0 Å². The molecule has 0 spiro atoms. The summed E-state index contributed by atoms with van der Waals surface area (Å²) in [7, 11) is 1.62. The maximum Gasteiger partial charge on any atom is 0.225 e. The Balaban J connectivity index is 1.61. The fraction of sp³-hybridized carbons (Fsp3) is 0.500. The Hall–Kier alpha value is -3.13. The van der Waals surface area contributed by atoms with E-state index < -0.39 is 0 Å². The van der Waals surface area contributed by atoms with Gasteiger partial charge in [0.15, 0.2) is 5.82 Å². The van der Waals surface area contributed by atoms with Crippen LogP contribution in [0.15, 0.2) is 24.3 Å². The lowest BCUT2D eigenvalue weighted by molar-refractivity contribution is -0.134. The van der Waals surface area contributed by atoms with E-state index in [0.717, 1.165) is 46.7 Å². The van der Waals surface area contributed by atoms with Crippen LogP contribution in [-0.4, -0.2) is 61.1 Å². The molecule has 1 atom stereocenters. The lowest BCUT2D eigenvalue weighted by Crippen LogP contribution is -2.54. The summed E-state index contributed by atoms with van der Waals surface area (Å²) in [6.07, 6.45) is 2.66. The topological polar surface area (TPSA) is 101 Å². The van der Waals surface area contributed by atoms with Crippen LogP contribution in [0.25, 0.3) is 11.1 Å². The number of carbonyl (C=O) groups excluding carboxylic acids is 2. The fourth-order valence-corrected chi connectivity index (χ4v) is 4.76. The number of nitrogens with zero attached hydrogens (tertiary/aromatic N) is 3. The molecule has 3 N–H and O–H groups in total. The highest BCUT2D eigenvalue weighted by molar-refractivity contribution is 5.89. The number of aromatic nitrogens is 1. The van der Waals surface area contributed by atoms with Crippen molar-refractivity contribution >= 4 is 29.0 Å². The van der Waals surface area contributed by atoms with Crippen LogP contribution in [0.5, 0.6) is 0 Å². The van der Waals surface area contributed by atoms with E-state index >= 15 is 0 Å². The molecule has 8 heteroatoms. The van der Waals surface area contributed by atoms with E-state index in [1.165, 1.54) is 6.92 Å². The Bertz CT molecular complexity index is 1070. The molecule has 2 heterocycles. The normalized spacial score (nSPS) is 18.2. The molecular formula is C26H35N5O3. The van der Waals surface area contributed by atoms with Crippen LogP contribution in [-0.2, 0) is 14.3 Å². The van der Waals surface area contributed by atoms with E-state index in [2.05, 4.69) is 24.1 Å². The molecule has 1 aromatic heterocycles. The quantitative estimate of drug-likeness (QED) is 0.649. The first-order chi connectivity index (χ1) is 16.3. The molecule has 1 aromatic carbocycles. The van der Waals surface area contributed by atoms with E-state index in [1.807, 2.05) is 29.2 Å². The van der Waals surface area contributed by atoms with Gasteiger partial charge in [0, 0.05) is 56.9 Å². The van der Waals surface area contributed by atoms with Crippen molar-refractivity contribution in [2.75, 3.05) is 49.3 Å². The highest BCUT2D eigenvalue weighted by Gasteiger charge is 2.33. The molecule has 2 aliphatic rings. The molecule has 34 heavy (non-hydrogen) atoms. The fourth-order valence-electron chi connectivity index (χ4n) is 4.76. The molecule has 0 radical (unpaired) electrons. The summed E-state index contributed by atoms with van der Waals surface area (Å²) in [6, 6.07) is 7.95. The van der Waals surface area contributed by atoms with E-state index in [4.69, 9.17) is 15.5 Å². The Labute approximate surface area is 201 Å². The number of carbonyl (C=O) groups is 2. The van der Waals surface area contributed by atoms with Crippen LogP contribution < -0.4 is 16.0 Å². The number of anilines is 3. The zero-order valence-electron chi connectivity index (χ0n) is 20.6. The van der Waals surface area contributed by atoms with Gasteiger partial charge in [0.05, 0.1) is 24.4 Å². The second kappa shape index (κ2) is 10.0. The van der Waals surface area contributed by atoms with Crippen molar-refractivity contribution in [3.8, 4) is 11.1 Å². The summed E-state index contributed by atoms with van der Waals surface area (Å²) in [5.74, 6) is 1.31. The molecule has 0 unspecified atom stereocenters. The molecule has 1 aliphatic heterocycles. The molecule has 1 saturated heterocycles. The zero-order chi connectivity index (χ0) is 24.4. The van der Waals surface area contributed by atoms with Gasteiger partial charge in [0.1, 0.15) is 0 Å². The number of nitrogens with one attached hydrogen (secondary N) is 1. The van der Waals surface area contributed by atoms with E-state index in [0.29, 0.717) is 44.3 Å². The van der Waals surface area contributed by atoms with Gasteiger partial charge in [-0.05, 0) is 49.9 Å². The minimum Gasteiger partial charge on any atom is -0.396 e. The summed E-state index contributed by atoms with van der Waals surface area (Å²) < 4.78 is 5.07. The second-order valence-corrected chi connectivity index (χ2v) is 9.39. The number of ether oxygens (including phenoxy) is 1. The first kappa shape index (κ1) is 24.0. The van der Waals surface area contributed by atoms with Gasteiger partial charge >= 0.3 is 0 Å². The standard InChI is InChI=1S/C26H35N5O3/c1-16-15-30(12-13-31(16)22(33)11-14-34-4)26-24(27)17(2)23(25(29-26)20-5-6-20)19-7-9-21(10-8-19)28-18(3)32/h7-10,16,20H,5-6,11-15,27H2,1-4H3,(H,28,32)/t16-/m1/s1. The molecular weight excluding hydrogens is 430 g/mol. The summed E-state index contributed by atoms with van der Waals surface area (Å²) in [5.41, 5.74) is 12.4. The monoisotopic (exact) mass is 465 g/mol. The Morgan fingerprint density at radius 1 is 1.21 bits per heavy atom. The summed E-state index contributed by atoms with van der Waals surface area (Å²) >= 11 is 0. The van der Waals surface area contributed by atoms with Crippen LogP contribution in [0, 0.1) is 6.92 Å². The first-order valence-electron chi connectivity index (χ1n) is 12.0. The number of nitrogen functional groups attached to an aromatic ring is 1. The number of benzene rings is 1. The molecule has 2 amide bonds. The molecule has 1 aliphatic carbocycles. The average Bonchev–Trinajstić information content (AvgIpc) is 3.65. The van der Waals surface area contributed by atoms with Gasteiger partial charge in [-0.2, -0.15) is 0 Å². The molecule has 0 bridgehead atoms. The van der Waals surface area contributed by atoms with Gasteiger partial charge in [0.25, 0.3) is 0 Å². The van der Waals surface area contributed by atoms with Crippen LogP contribution in [0.3, 0.4) is 0 Å². The summed E-state index contributed by atoms with van der Waals surface area (Å²) in [4.78, 5) is 33.2. The van der Waals surface area contributed by atoms with Gasteiger partial charge in [-0.1, -0.05) is 12.1 Å². The van der Waals surface area contributed by atoms with Crippen molar-refractivity contribution in [2.24, 2.45) is 0 Å². The van der Waals surface area contributed by atoms with Crippen molar-refractivity contribution in [3.05, 3.63) is 35.5 Å². The maximum atomic E-state index is 12.5. The zero-order valence-corrected chi connectivity index (χ0v) is 20.6. The predicted octanol–water partition coefficient (Wildman–Crippen LogP) is 3.55. The van der Waals surface area contributed by atoms with Crippen molar-refractivity contribution in [1.82, 2.24) is 9.88 Å². The molecule has 8 nitrogen and oxygen atoms in total. The lowest BCUT2D eigenvalue weighted by Gasteiger charge is -2.41. The van der Waals surface area contributed by atoms with Crippen LogP contribution in [0.1, 0.15) is 50.3 Å². The van der Waals surface area contributed by atoms with Gasteiger partial charge < -0.3 is 25.6 Å². The Morgan fingerprint density at radius 2 is 1.91 bits per heavy atom. The maximum absolute atomic E-state index is 12.5. The van der Waals surface area contributed by atoms with Gasteiger partial charge in [-0.15, -0.1) is 0 Å². The van der Waals surface area contributed by atoms with E-state index in [1.54, 1.807) is 7.11 Å².